The molecule has 0 radical (unpaired) electrons. The Morgan fingerprint density at radius 2 is 1.94 bits per heavy atom. The lowest BCUT2D eigenvalue weighted by atomic mass is 10.2. The number of carbonyl (C=O) groups excluding carboxylic acids is 1. The van der Waals surface area contributed by atoms with Gasteiger partial charge in [0, 0.05) is 19.2 Å². The van der Waals surface area contributed by atoms with E-state index in [1.807, 2.05) is 35.8 Å². The quantitative estimate of drug-likeness (QED) is 0.566. The van der Waals surface area contributed by atoms with Crippen LogP contribution in [0.15, 0.2) is 47.6 Å². The Kier molecular flexibility index (Phi) is 6.71. The number of rotatable bonds is 6. The molecular formula is C22H23F2N5O2S. The molecule has 1 saturated heterocycles. The van der Waals surface area contributed by atoms with Crippen molar-refractivity contribution in [1.29, 1.82) is 0 Å². The number of benzene rings is 2. The topological polar surface area (TPSA) is 72.3 Å². The Morgan fingerprint density at radius 3 is 2.66 bits per heavy atom. The predicted molar refractivity (Wildman–Crippen MR) is 119 cm³/mol. The molecule has 7 nitrogen and oxygen atoms in total. The Hall–Kier alpha value is -2.98. The summed E-state index contributed by atoms with van der Waals surface area (Å²) in [5, 5.41) is 11.2. The molecule has 0 saturated carbocycles. The third kappa shape index (κ3) is 4.91. The second kappa shape index (κ2) is 9.66. The van der Waals surface area contributed by atoms with Crippen LogP contribution in [-0.4, -0.2) is 52.2 Å². The van der Waals surface area contributed by atoms with E-state index in [0.29, 0.717) is 37.4 Å². The standard InChI is InChI=1S/C22H23F2N5O2S/c1-14-4-3-5-17(12-14)29-21(28-8-10-31-11-9-28)26-27-22(29)32-15(2)20(30)25-19-7-6-16(23)13-18(19)24/h3-7,12-13,15H,8-11H2,1-2H3,(H,25,30). The lowest BCUT2D eigenvalue weighted by Crippen LogP contribution is -2.38. The summed E-state index contributed by atoms with van der Waals surface area (Å²) in [5.74, 6) is -1.27. The van der Waals surface area contributed by atoms with Crippen LogP contribution < -0.4 is 10.2 Å². The first-order valence-corrected chi connectivity index (χ1v) is 11.1. The summed E-state index contributed by atoms with van der Waals surface area (Å²) in [5.41, 5.74) is 1.90. The van der Waals surface area contributed by atoms with Crippen LogP contribution >= 0.6 is 11.8 Å². The van der Waals surface area contributed by atoms with Crippen LogP contribution in [-0.2, 0) is 9.53 Å². The number of nitrogens with zero attached hydrogens (tertiary/aromatic N) is 4. The van der Waals surface area contributed by atoms with Crippen molar-refractivity contribution in [3.8, 4) is 5.69 Å². The van der Waals surface area contributed by atoms with E-state index < -0.39 is 22.8 Å². The Morgan fingerprint density at radius 1 is 1.16 bits per heavy atom. The normalized spacial score (nSPS) is 14.9. The Labute approximate surface area is 188 Å². The highest BCUT2D eigenvalue weighted by Crippen LogP contribution is 2.30. The summed E-state index contributed by atoms with van der Waals surface area (Å²) in [4.78, 5) is 14.8. The number of aryl methyl sites for hydroxylation is 1. The number of nitrogens with one attached hydrogen (secondary N) is 1. The summed E-state index contributed by atoms with van der Waals surface area (Å²) in [6.45, 7) is 6.28. The molecule has 2 aromatic carbocycles. The minimum Gasteiger partial charge on any atom is -0.378 e. The number of ether oxygens (including phenoxy) is 1. The van der Waals surface area contributed by atoms with E-state index in [4.69, 9.17) is 4.74 Å². The molecule has 1 aliphatic rings. The van der Waals surface area contributed by atoms with E-state index in [1.54, 1.807) is 6.92 Å². The first-order chi connectivity index (χ1) is 15.4. The fourth-order valence-corrected chi connectivity index (χ4v) is 4.20. The number of carbonyl (C=O) groups is 1. The molecule has 1 N–H and O–H groups in total. The Balaban J connectivity index is 1.59. The zero-order valence-corrected chi connectivity index (χ0v) is 18.5. The summed E-state index contributed by atoms with van der Waals surface area (Å²) in [7, 11) is 0. The minimum absolute atomic E-state index is 0.0713. The van der Waals surface area contributed by atoms with Crippen LogP contribution in [0.2, 0.25) is 0 Å². The molecule has 2 heterocycles. The van der Waals surface area contributed by atoms with Gasteiger partial charge in [0.25, 0.3) is 0 Å². The maximum Gasteiger partial charge on any atom is 0.237 e. The van der Waals surface area contributed by atoms with Crippen molar-refractivity contribution in [2.75, 3.05) is 36.5 Å². The number of anilines is 2. The third-order valence-corrected chi connectivity index (χ3v) is 6.05. The van der Waals surface area contributed by atoms with Gasteiger partial charge in [-0.1, -0.05) is 23.9 Å². The van der Waals surface area contributed by atoms with E-state index in [0.717, 1.165) is 23.4 Å². The van der Waals surface area contributed by atoms with Crippen molar-refractivity contribution in [3.63, 3.8) is 0 Å². The van der Waals surface area contributed by atoms with Gasteiger partial charge in [0.2, 0.25) is 11.9 Å². The van der Waals surface area contributed by atoms with Gasteiger partial charge in [-0.05, 0) is 43.7 Å². The number of halogens is 2. The summed E-state index contributed by atoms with van der Waals surface area (Å²) in [6.07, 6.45) is 0. The highest BCUT2D eigenvalue weighted by Gasteiger charge is 2.25. The second-order valence-electron chi connectivity index (χ2n) is 7.43. The molecule has 0 bridgehead atoms. The van der Waals surface area contributed by atoms with Crippen LogP contribution in [0.5, 0.6) is 0 Å². The van der Waals surface area contributed by atoms with Crippen molar-refractivity contribution in [1.82, 2.24) is 14.8 Å². The van der Waals surface area contributed by atoms with E-state index in [2.05, 4.69) is 20.4 Å². The van der Waals surface area contributed by atoms with Crippen LogP contribution in [0.25, 0.3) is 5.69 Å². The molecule has 0 aliphatic carbocycles. The van der Waals surface area contributed by atoms with Gasteiger partial charge in [-0.3, -0.25) is 9.36 Å². The van der Waals surface area contributed by atoms with E-state index in [1.165, 1.54) is 17.8 Å². The average molecular weight is 460 g/mol. The zero-order valence-electron chi connectivity index (χ0n) is 17.7. The number of hydrogen-bond acceptors (Lipinski definition) is 6. The van der Waals surface area contributed by atoms with Gasteiger partial charge < -0.3 is 15.0 Å². The van der Waals surface area contributed by atoms with Gasteiger partial charge >= 0.3 is 0 Å². The molecule has 1 fully saturated rings. The first kappa shape index (κ1) is 22.2. The molecular weight excluding hydrogens is 436 g/mol. The lowest BCUT2D eigenvalue weighted by molar-refractivity contribution is -0.115. The van der Waals surface area contributed by atoms with E-state index >= 15 is 0 Å². The largest absolute Gasteiger partial charge is 0.378 e. The summed E-state index contributed by atoms with van der Waals surface area (Å²) < 4.78 is 34.4. The number of hydrogen-bond donors (Lipinski definition) is 1. The third-order valence-electron chi connectivity index (χ3n) is 5.01. The molecule has 4 rings (SSSR count). The van der Waals surface area contributed by atoms with E-state index in [9.17, 15) is 13.6 Å². The van der Waals surface area contributed by atoms with Gasteiger partial charge in [0.05, 0.1) is 29.8 Å². The highest BCUT2D eigenvalue weighted by atomic mass is 32.2. The summed E-state index contributed by atoms with van der Waals surface area (Å²) >= 11 is 1.21. The SMILES string of the molecule is Cc1cccc(-n2c(SC(C)C(=O)Nc3ccc(F)cc3F)nnc2N2CCOCC2)c1. The molecule has 32 heavy (non-hydrogen) atoms. The van der Waals surface area contributed by atoms with Gasteiger partial charge in [0.1, 0.15) is 11.6 Å². The second-order valence-corrected chi connectivity index (χ2v) is 8.74. The number of morpholine rings is 1. The maximum atomic E-state index is 13.9. The van der Waals surface area contributed by atoms with Crippen LogP contribution in [0.3, 0.4) is 0 Å². The van der Waals surface area contributed by atoms with Crippen molar-refractivity contribution in [3.05, 3.63) is 59.7 Å². The maximum absolute atomic E-state index is 13.9. The molecule has 0 spiro atoms. The van der Waals surface area contributed by atoms with Crippen LogP contribution in [0, 0.1) is 18.6 Å². The van der Waals surface area contributed by atoms with Crippen molar-refractivity contribution in [2.45, 2.75) is 24.3 Å². The van der Waals surface area contributed by atoms with Gasteiger partial charge in [-0.15, -0.1) is 10.2 Å². The van der Waals surface area contributed by atoms with Crippen molar-refractivity contribution in [2.24, 2.45) is 0 Å². The molecule has 1 aromatic heterocycles. The minimum atomic E-state index is -0.826. The molecule has 168 valence electrons. The highest BCUT2D eigenvalue weighted by molar-refractivity contribution is 8.00. The predicted octanol–water partition coefficient (Wildman–Crippen LogP) is 3.81. The van der Waals surface area contributed by atoms with Crippen LogP contribution in [0.4, 0.5) is 20.4 Å². The Bertz CT molecular complexity index is 1120. The smallest absolute Gasteiger partial charge is 0.237 e. The van der Waals surface area contributed by atoms with Crippen LogP contribution in [0.1, 0.15) is 12.5 Å². The van der Waals surface area contributed by atoms with Crippen molar-refractivity contribution < 1.29 is 18.3 Å². The van der Waals surface area contributed by atoms with Gasteiger partial charge in [0.15, 0.2) is 5.16 Å². The molecule has 10 heteroatoms. The molecule has 1 unspecified atom stereocenters. The fourth-order valence-electron chi connectivity index (χ4n) is 3.34. The van der Waals surface area contributed by atoms with Gasteiger partial charge in [-0.25, -0.2) is 8.78 Å². The zero-order chi connectivity index (χ0) is 22.7. The monoisotopic (exact) mass is 459 g/mol. The molecule has 1 aliphatic heterocycles. The summed E-state index contributed by atoms with van der Waals surface area (Å²) in [6, 6.07) is 11.0. The fraction of sp³-hybridized carbons (Fsp3) is 0.318. The molecule has 3 aromatic rings. The number of aromatic nitrogens is 3. The van der Waals surface area contributed by atoms with E-state index in [-0.39, 0.29) is 5.69 Å². The van der Waals surface area contributed by atoms with Gasteiger partial charge in [-0.2, -0.15) is 0 Å². The molecule has 1 amide bonds. The number of amides is 1. The average Bonchev–Trinajstić information content (AvgIpc) is 3.19. The lowest BCUT2D eigenvalue weighted by Gasteiger charge is -2.28. The van der Waals surface area contributed by atoms with Crippen molar-refractivity contribution >= 4 is 29.3 Å². The molecule has 1 atom stereocenters. The number of thioether (sulfide) groups is 1. The first-order valence-electron chi connectivity index (χ1n) is 10.2.